The molecule has 1 aromatic carbocycles. The molecule has 0 N–H and O–H groups in total. The monoisotopic (exact) mass is 286 g/mol. The molecule has 0 saturated carbocycles. The van der Waals surface area contributed by atoms with Crippen molar-refractivity contribution in [3.8, 4) is 5.75 Å². The molecule has 1 fully saturated rings. The molecule has 0 unspecified atom stereocenters. The van der Waals surface area contributed by atoms with Crippen molar-refractivity contribution in [3.63, 3.8) is 0 Å². The third kappa shape index (κ3) is 3.42. The molecule has 21 heavy (non-hydrogen) atoms. The zero-order valence-electron chi connectivity index (χ0n) is 11.8. The summed E-state index contributed by atoms with van der Waals surface area (Å²) in [7, 11) is 0. The first-order valence-electron chi connectivity index (χ1n) is 7.19. The number of nitrogens with zero attached hydrogens (tertiary/aromatic N) is 2. The second-order valence-electron chi connectivity index (χ2n) is 5.17. The van der Waals surface area contributed by atoms with Gasteiger partial charge in [0.2, 0.25) is 5.91 Å². The SMILES string of the molecule is O=C(Cc1ccon1)N1CCC[C@H]1COc1ccccc1. The lowest BCUT2D eigenvalue weighted by Gasteiger charge is -2.24. The Morgan fingerprint density at radius 2 is 2.19 bits per heavy atom. The highest BCUT2D eigenvalue weighted by atomic mass is 16.5. The topological polar surface area (TPSA) is 55.6 Å². The number of benzene rings is 1. The summed E-state index contributed by atoms with van der Waals surface area (Å²) in [4.78, 5) is 14.2. The van der Waals surface area contributed by atoms with Gasteiger partial charge in [-0.15, -0.1) is 0 Å². The van der Waals surface area contributed by atoms with Gasteiger partial charge in [0.15, 0.2) is 0 Å². The van der Waals surface area contributed by atoms with E-state index in [-0.39, 0.29) is 11.9 Å². The lowest BCUT2D eigenvalue weighted by Crippen LogP contribution is -2.39. The number of amides is 1. The van der Waals surface area contributed by atoms with Gasteiger partial charge in [0, 0.05) is 12.6 Å². The third-order valence-corrected chi connectivity index (χ3v) is 3.71. The van der Waals surface area contributed by atoms with Gasteiger partial charge in [-0.05, 0) is 25.0 Å². The van der Waals surface area contributed by atoms with Crippen LogP contribution < -0.4 is 4.74 Å². The summed E-state index contributed by atoms with van der Waals surface area (Å²) in [6, 6.07) is 11.6. The molecule has 1 aliphatic rings. The minimum Gasteiger partial charge on any atom is -0.491 e. The lowest BCUT2D eigenvalue weighted by atomic mass is 10.2. The van der Waals surface area contributed by atoms with E-state index in [0.717, 1.165) is 25.1 Å². The Labute approximate surface area is 123 Å². The van der Waals surface area contributed by atoms with Crippen molar-refractivity contribution in [2.24, 2.45) is 0 Å². The molecule has 3 rings (SSSR count). The van der Waals surface area contributed by atoms with Gasteiger partial charge < -0.3 is 14.2 Å². The number of ether oxygens (including phenoxy) is 1. The molecule has 0 spiro atoms. The maximum absolute atomic E-state index is 12.3. The molecule has 5 nitrogen and oxygen atoms in total. The number of para-hydroxylation sites is 1. The average Bonchev–Trinajstić information content (AvgIpc) is 3.17. The van der Waals surface area contributed by atoms with Gasteiger partial charge in [0.25, 0.3) is 0 Å². The minimum atomic E-state index is 0.0862. The van der Waals surface area contributed by atoms with E-state index in [1.165, 1.54) is 6.26 Å². The molecule has 0 radical (unpaired) electrons. The highest BCUT2D eigenvalue weighted by molar-refractivity contribution is 5.78. The largest absolute Gasteiger partial charge is 0.491 e. The Morgan fingerprint density at radius 3 is 2.95 bits per heavy atom. The first kappa shape index (κ1) is 13.7. The molecule has 0 aliphatic carbocycles. The highest BCUT2D eigenvalue weighted by Gasteiger charge is 2.29. The molecule has 1 saturated heterocycles. The molecule has 110 valence electrons. The van der Waals surface area contributed by atoms with Gasteiger partial charge in [0.05, 0.1) is 18.2 Å². The Balaban J connectivity index is 1.56. The molecular formula is C16H18N2O3. The standard InChI is InChI=1S/C16H18N2O3/c19-16(11-13-8-10-21-17-13)18-9-4-5-14(18)12-20-15-6-2-1-3-7-15/h1-3,6-8,10,14H,4-5,9,11-12H2/t14-/m0/s1. The number of carbonyl (C=O) groups excluding carboxylic acids is 1. The molecule has 1 amide bonds. The van der Waals surface area contributed by atoms with Crippen molar-refractivity contribution in [2.45, 2.75) is 25.3 Å². The Morgan fingerprint density at radius 1 is 1.33 bits per heavy atom. The maximum Gasteiger partial charge on any atom is 0.229 e. The zero-order valence-corrected chi connectivity index (χ0v) is 11.8. The fraction of sp³-hybridized carbons (Fsp3) is 0.375. The van der Waals surface area contributed by atoms with Crippen LogP contribution in [0.5, 0.6) is 5.75 Å². The Bertz CT molecular complexity index is 568. The van der Waals surface area contributed by atoms with Gasteiger partial charge in [-0.3, -0.25) is 4.79 Å². The van der Waals surface area contributed by atoms with Crippen molar-refractivity contribution >= 4 is 5.91 Å². The lowest BCUT2D eigenvalue weighted by molar-refractivity contribution is -0.131. The molecular weight excluding hydrogens is 268 g/mol. The molecule has 0 bridgehead atoms. The fourth-order valence-corrected chi connectivity index (χ4v) is 2.63. The predicted molar refractivity (Wildman–Crippen MR) is 76.9 cm³/mol. The van der Waals surface area contributed by atoms with E-state index in [1.807, 2.05) is 35.2 Å². The van der Waals surface area contributed by atoms with E-state index in [1.54, 1.807) is 6.07 Å². The van der Waals surface area contributed by atoms with Crippen LogP contribution in [0.4, 0.5) is 0 Å². The smallest absolute Gasteiger partial charge is 0.229 e. The number of carbonyl (C=O) groups is 1. The van der Waals surface area contributed by atoms with Crippen molar-refractivity contribution in [2.75, 3.05) is 13.2 Å². The van der Waals surface area contributed by atoms with Crippen LogP contribution >= 0.6 is 0 Å². The number of hydrogen-bond donors (Lipinski definition) is 0. The fourth-order valence-electron chi connectivity index (χ4n) is 2.63. The van der Waals surface area contributed by atoms with Crippen LogP contribution in [0.3, 0.4) is 0 Å². The van der Waals surface area contributed by atoms with E-state index in [4.69, 9.17) is 9.26 Å². The molecule has 2 aromatic rings. The van der Waals surface area contributed by atoms with Gasteiger partial charge in [0.1, 0.15) is 18.6 Å². The van der Waals surface area contributed by atoms with Crippen molar-refractivity contribution in [3.05, 3.63) is 48.4 Å². The zero-order chi connectivity index (χ0) is 14.5. The number of aromatic nitrogens is 1. The third-order valence-electron chi connectivity index (χ3n) is 3.71. The van der Waals surface area contributed by atoms with E-state index in [9.17, 15) is 4.79 Å². The van der Waals surface area contributed by atoms with Gasteiger partial charge in [-0.1, -0.05) is 23.4 Å². The van der Waals surface area contributed by atoms with Crippen LogP contribution in [0, 0.1) is 0 Å². The quantitative estimate of drug-likeness (QED) is 0.846. The minimum absolute atomic E-state index is 0.0862. The Hall–Kier alpha value is -2.30. The summed E-state index contributed by atoms with van der Waals surface area (Å²) in [6.45, 7) is 1.33. The second-order valence-corrected chi connectivity index (χ2v) is 5.17. The summed E-state index contributed by atoms with van der Waals surface area (Å²) in [6.07, 6.45) is 3.78. The summed E-state index contributed by atoms with van der Waals surface area (Å²) in [5, 5.41) is 3.79. The predicted octanol–water partition coefficient (Wildman–Crippen LogP) is 2.29. The summed E-state index contributed by atoms with van der Waals surface area (Å²) >= 11 is 0. The number of likely N-dealkylation sites (tertiary alicyclic amines) is 1. The normalized spacial score (nSPS) is 17.9. The van der Waals surface area contributed by atoms with Gasteiger partial charge in [-0.2, -0.15) is 0 Å². The maximum atomic E-state index is 12.3. The number of hydrogen-bond acceptors (Lipinski definition) is 4. The summed E-state index contributed by atoms with van der Waals surface area (Å²) in [5.41, 5.74) is 0.676. The molecule has 1 aromatic heterocycles. The second kappa shape index (κ2) is 6.43. The number of rotatable bonds is 5. The first-order valence-corrected chi connectivity index (χ1v) is 7.19. The van der Waals surface area contributed by atoms with Crippen molar-refractivity contribution in [1.82, 2.24) is 10.1 Å². The van der Waals surface area contributed by atoms with E-state index >= 15 is 0 Å². The summed E-state index contributed by atoms with van der Waals surface area (Å²) in [5.74, 6) is 0.927. The average molecular weight is 286 g/mol. The van der Waals surface area contributed by atoms with Crippen LogP contribution in [0.25, 0.3) is 0 Å². The van der Waals surface area contributed by atoms with Gasteiger partial charge in [-0.25, -0.2) is 0 Å². The molecule has 2 heterocycles. The van der Waals surface area contributed by atoms with Crippen LogP contribution in [-0.2, 0) is 11.2 Å². The van der Waals surface area contributed by atoms with E-state index in [2.05, 4.69) is 5.16 Å². The van der Waals surface area contributed by atoms with Crippen LogP contribution in [0.1, 0.15) is 18.5 Å². The first-order chi connectivity index (χ1) is 10.3. The van der Waals surface area contributed by atoms with E-state index in [0.29, 0.717) is 18.7 Å². The molecule has 1 aliphatic heterocycles. The molecule has 5 heteroatoms. The van der Waals surface area contributed by atoms with Gasteiger partial charge >= 0.3 is 0 Å². The van der Waals surface area contributed by atoms with Crippen LogP contribution in [0.15, 0.2) is 47.2 Å². The highest BCUT2D eigenvalue weighted by Crippen LogP contribution is 2.20. The molecule has 1 atom stereocenters. The van der Waals surface area contributed by atoms with Crippen molar-refractivity contribution in [1.29, 1.82) is 0 Å². The Kier molecular flexibility index (Phi) is 4.19. The van der Waals surface area contributed by atoms with Crippen molar-refractivity contribution < 1.29 is 14.1 Å². The summed E-state index contributed by atoms with van der Waals surface area (Å²) < 4.78 is 10.5. The van der Waals surface area contributed by atoms with E-state index < -0.39 is 0 Å². The van der Waals surface area contributed by atoms with Crippen LogP contribution in [-0.4, -0.2) is 35.2 Å². The van der Waals surface area contributed by atoms with Crippen LogP contribution in [0.2, 0.25) is 0 Å².